The van der Waals surface area contributed by atoms with E-state index in [-0.39, 0.29) is 5.91 Å². The molecule has 0 aliphatic carbocycles. The van der Waals surface area contributed by atoms with Crippen molar-refractivity contribution in [2.45, 2.75) is 6.54 Å². The maximum atomic E-state index is 12.4. The minimum Gasteiger partial charge on any atom is -0.493 e. The maximum absolute atomic E-state index is 12.4. The first-order valence-electron chi connectivity index (χ1n) is 10.6. The highest BCUT2D eigenvalue weighted by molar-refractivity contribution is 7.99. The molecule has 4 rings (SSSR count). The first-order chi connectivity index (χ1) is 16.6. The molecule has 2 aromatic carbocycles. The van der Waals surface area contributed by atoms with Gasteiger partial charge >= 0.3 is 0 Å². The number of anilines is 1. The quantitative estimate of drug-likeness (QED) is 0.226. The fourth-order valence-electron chi connectivity index (χ4n) is 3.57. The third kappa shape index (κ3) is 5.35. The van der Waals surface area contributed by atoms with E-state index >= 15 is 0 Å². The van der Waals surface area contributed by atoms with Crippen LogP contribution >= 0.6 is 11.9 Å². The molecule has 4 aromatic rings. The van der Waals surface area contributed by atoms with Crippen LogP contribution in [0.4, 0.5) is 5.69 Å². The van der Waals surface area contributed by atoms with Crippen molar-refractivity contribution in [1.29, 1.82) is 0 Å². The minimum absolute atomic E-state index is 0.190. The Morgan fingerprint density at radius 2 is 1.85 bits per heavy atom. The third-order valence-electron chi connectivity index (χ3n) is 5.33. The van der Waals surface area contributed by atoms with Crippen molar-refractivity contribution >= 4 is 40.7 Å². The Morgan fingerprint density at radius 3 is 2.59 bits per heavy atom. The number of hydrogen-bond donors (Lipinski definition) is 3. The second kappa shape index (κ2) is 10.8. The van der Waals surface area contributed by atoms with Gasteiger partial charge in [-0.1, -0.05) is 30.1 Å². The molecule has 2 heterocycles. The normalized spacial score (nSPS) is 11.0. The summed E-state index contributed by atoms with van der Waals surface area (Å²) in [5, 5.41) is 3.85. The molecule has 0 spiro atoms. The minimum atomic E-state index is -0.190. The van der Waals surface area contributed by atoms with Crippen molar-refractivity contribution in [3.8, 4) is 22.6 Å². The lowest BCUT2D eigenvalue weighted by molar-refractivity contribution is -0.116. The van der Waals surface area contributed by atoms with Crippen LogP contribution in [0.15, 0.2) is 67.0 Å². The Hall–Kier alpha value is -3.91. The largest absolute Gasteiger partial charge is 0.493 e. The topological polar surface area (TPSA) is 88.3 Å². The van der Waals surface area contributed by atoms with Crippen LogP contribution in [0, 0.1) is 0 Å². The Balaban J connectivity index is 1.45. The van der Waals surface area contributed by atoms with Crippen LogP contribution < -0.4 is 19.5 Å². The first-order valence-corrected chi connectivity index (χ1v) is 11.9. The van der Waals surface area contributed by atoms with E-state index in [1.54, 1.807) is 32.2 Å². The second-order valence-electron chi connectivity index (χ2n) is 7.49. The number of benzene rings is 2. The monoisotopic (exact) mass is 474 g/mol. The van der Waals surface area contributed by atoms with E-state index < -0.39 is 0 Å². The van der Waals surface area contributed by atoms with Gasteiger partial charge in [0.05, 0.1) is 14.2 Å². The fourth-order valence-corrected chi connectivity index (χ4v) is 3.94. The summed E-state index contributed by atoms with van der Waals surface area (Å²) in [5.74, 6) is 1.09. The molecule has 0 radical (unpaired) electrons. The van der Waals surface area contributed by atoms with Crippen LogP contribution in [0.5, 0.6) is 11.5 Å². The fraction of sp³-hybridized carbons (Fsp3) is 0.154. The SMILES string of the molecule is COc1ccc(CNC(=O)/C=C/c2c[nH]c3ncc(-c4ccc(NSC)cc4)cc23)cc1OC. The zero-order chi connectivity index (χ0) is 23.9. The van der Waals surface area contributed by atoms with Crippen molar-refractivity contribution < 1.29 is 14.3 Å². The molecule has 174 valence electrons. The van der Waals surface area contributed by atoms with Gasteiger partial charge in [-0.2, -0.15) is 0 Å². The molecular weight excluding hydrogens is 448 g/mol. The third-order valence-corrected chi connectivity index (χ3v) is 5.77. The number of aromatic nitrogens is 2. The summed E-state index contributed by atoms with van der Waals surface area (Å²) in [6, 6.07) is 15.8. The van der Waals surface area contributed by atoms with Crippen molar-refractivity contribution in [2.75, 3.05) is 25.2 Å². The molecule has 0 fully saturated rings. The molecule has 8 heteroatoms. The van der Waals surface area contributed by atoms with E-state index in [4.69, 9.17) is 9.47 Å². The molecular formula is C26H26N4O3S. The summed E-state index contributed by atoms with van der Waals surface area (Å²) >= 11 is 1.56. The van der Waals surface area contributed by atoms with Crippen molar-refractivity contribution in [3.05, 3.63) is 78.1 Å². The van der Waals surface area contributed by atoms with Gasteiger partial charge in [0.15, 0.2) is 11.5 Å². The van der Waals surface area contributed by atoms with Gasteiger partial charge in [-0.25, -0.2) is 4.98 Å². The highest BCUT2D eigenvalue weighted by Gasteiger charge is 2.08. The highest BCUT2D eigenvalue weighted by atomic mass is 32.2. The second-order valence-corrected chi connectivity index (χ2v) is 8.10. The average molecular weight is 475 g/mol. The predicted molar refractivity (Wildman–Crippen MR) is 139 cm³/mol. The lowest BCUT2D eigenvalue weighted by Crippen LogP contribution is -2.20. The molecule has 0 aliphatic heterocycles. The number of amides is 1. The van der Waals surface area contributed by atoms with E-state index in [2.05, 4.69) is 38.2 Å². The van der Waals surface area contributed by atoms with Crippen molar-refractivity contribution in [1.82, 2.24) is 15.3 Å². The number of aromatic amines is 1. The Kier molecular flexibility index (Phi) is 7.39. The Morgan fingerprint density at radius 1 is 1.06 bits per heavy atom. The molecule has 0 bridgehead atoms. The van der Waals surface area contributed by atoms with E-state index in [0.29, 0.717) is 18.0 Å². The van der Waals surface area contributed by atoms with Crippen LogP contribution in [0.25, 0.3) is 28.2 Å². The number of ether oxygens (including phenoxy) is 2. The van der Waals surface area contributed by atoms with Crippen molar-refractivity contribution in [3.63, 3.8) is 0 Å². The number of pyridine rings is 1. The summed E-state index contributed by atoms with van der Waals surface area (Å²) in [7, 11) is 3.18. The summed E-state index contributed by atoms with van der Waals surface area (Å²) < 4.78 is 13.8. The summed E-state index contributed by atoms with van der Waals surface area (Å²) in [5.41, 5.74) is 5.72. The van der Waals surface area contributed by atoms with Gasteiger partial charge in [-0.15, -0.1) is 0 Å². The molecule has 3 N–H and O–H groups in total. The number of fused-ring (bicyclic) bond motifs is 1. The first kappa shape index (κ1) is 23.3. The van der Waals surface area contributed by atoms with Gasteiger partial charge in [0.2, 0.25) is 5.91 Å². The van der Waals surface area contributed by atoms with Crippen LogP contribution in [-0.4, -0.2) is 36.4 Å². The standard InChI is InChI=1S/C26H26N4O3S/c1-32-23-10-4-17(12-24(23)33-2)14-27-25(31)11-7-19-15-28-26-22(19)13-20(16-29-26)18-5-8-21(9-6-18)30-34-3/h4-13,15-16,30H,14H2,1-3H3,(H,27,31)(H,28,29)/b11-7+. The predicted octanol–water partition coefficient (Wildman–Crippen LogP) is 5.27. The molecule has 0 saturated heterocycles. The molecule has 0 unspecified atom stereocenters. The molecule has 0 aliphatic rings. The van der Waals surface area contributed by atoms with Crippen LogP contribution in [0.2, 0.25) is 0 Å². The summed E-state index contributed by atoms with van der Waals surface area (Å²) in [6.07, 6.45) is 9.01. The molecule has 2 aromatic heterocycles. The maximum Gasteiger partial charge on any atom is 0.244 e. The van der Waals surface area contributed by atoms with Crippen LogP contribution in [0.3, 0.4) is 0 Å². The lowest BCUT2D eigenvalue weighted by atomic mass is 10.1. The molecule has 1 amide bonds. The average Bonchev–Trinajstić information content (AvgIpc) is 3.29. The number of nitrogens with one attached hydrogen (secondary N) is 3. The van der Waals surface area contributed by atoms with E-state index in [1.165, 1.54) is 6.08 Å². The number of carbonyl (C=O) groups excluding carboxylic acids is 1. The van der Waals surface area contributed by atoms with Crippen molar-refractivity contribution in [2.24, 2.45) is 0 Å². The molecule has 34 heavy (non-hydrogen) atoms. The number of methoxy groups -OCH3 is 2. The highest BCUT2D eigenvalue weighted by Crippen LogP contribution is 2.28. The van der Waals surface area contributed by atoms with E-state index in [0.717, 1.165) is 39.0 Å². The van der Waals surface area contributed by atoms with Gasteiger partial charge in [0.1, 0.15) is 5.65 Å². The number of hydrogen-bond acceptors (Lipinski definition) is 6. The van der Waals surface area contributed by atoms with E-state index in [1.807, 2.05) is 49.0 Å². The smallest absolute Gasteiger partial charge is 0.244 e. The Labute approximate surface area is 202 Å². The van der Waals surface area contributed by atoms with Crippen LogP contribution in [-0.2, 0) is 11.3 Å². The van der Waals surface area contributed by atoms with Gasteiger partial charge in [0.25, 0.3) is 0 Å². The summed E-state index contributed by atoms with van der Waals surface area (Å²) in [6.45, 7) is 0.379. The molecule has 7 nitrogen and oxygen atoms in total. The van der Waals surface area contributed by atoms with E-state index in [9.17, 15) is 4.79 Å². The lowest BCUT2D eigenvalue weighted by Gasteiger charge is -2.09. The van der Waals surface area contributed by atoms with Gasteiger partial charge in [0, 0.05) is 53.5 Å². The van der Waals surface area contributed by atoms with Gasteiger partial charge in [-0.3, -0.25) is 4.79 Å². The zero-order valence-electron chi connectivity index (χ0n) is 19.2. The molecule has 0 atom stereocenters. The van der Waals surface area contributed by atoms with Gasteiger partial charge < -0.3 is 24.5 Å². The van der Waals surface area contributed by atoms with Gasteiger partial charge in [-0.05, 0) is 47.5 Å². The number of H-pyrrole nitrogens is 1. The Bertz CT molecular complexity index is 1320. The number of rotatable bonds is 9. The zero-order valence-corrected chi connectivity index (χ0v) is 20.0. The number of carbonyl (C=O) groups is 1. The number of nitrogens with zero attached hydrogens (tertiary/aromatic N) is 1. The molecule has 0 saturated carbocycles. The van der Waals surface area contributed by atoms with Crippen LogP contribution in [0.1, 0.15) is 11.1 Å². The summed E-state index contributed by atoms with van der Waals surface area (Å²) in [4.78, 5) is 20.1.